The van der Waals surface area contributed by atoms with Gasteiger partial charge in [-0.3, -0.25) is 5.32 Å². The molecule has 2 rings (SSSR count). The van der Waals surface area contributed by atoms with Crippen LogP contribution in [0.25, 0.3) is 0 Å². The highest BCUT2D eigenvalue weighted by Gasteiger charge is 2.09. The van der Waals surface area contributed by atoms with E-state index in [1.807, 2.05) is 0 Å². The monoisotopic (exact) mass is 303 g/mol. The fourth-order valence-corrected chi connectivity index (χ4v) is 1.44. The van der Waals surface area contributed by atoms with Crippen molar-refractivity contribution >= 4 is 17.7 Å². The SMILES string of the molecule is CN(C)C(=O)Nc1cc(Oc2ccc([N+](=O)[O-])nc2)ccn1. The number of pyridine rings is 2. The summed E-state index contributed by atoms with van der Waals surface area (Å²) in [4.78, 5) is 30.5. The standard InChI is InChI=1S/C13H13N5O4/c1-17(2)13(19)16-11-7-9(5-6-14-11)22-10-3-4-12(15-8-10)18(20)21/h3-8H,1-2H3,(H,14,16,19). The molecule has 114 valence electrons. The van der Waals surface area contributed by atoms with Gasteiger partial charge in [-0.05, 0) is 22.0 Å². The number of urea groups is 1. The summed E-state index contributed by atoms with van der Waals surface area (Å²) < 4.78 is 5.51. The van der Waals surface area contributed by atoms with Crippen LogP contribution in [0.3, 0.4) is 0 Å². The van der Waals surface area contributed by atoms with Crippen molar-refractivity contribution in [2.75, 3.05) is 19.4 Å². The Labute approximate surface area is 125 Å². The van der Waals surface area contributed by atoms with Gasteiger partial charge < -0.3 is 19.8 Å². The molecule has 0 aliphatic carbocycles. The lowest BCUT2D eigenvalue weighted by Crippen LogP contribution is -2.27. The number of hydrogen-bond donors (Lipinski definition) is 1. The molecule has 2 heterocycles. The fourth-order valence-electron chi connectivity index (χ4n) is 1.44. The van der Waals surface area contributed by atoms with Crippen molar-refractivity contribution < 1.29 is 14.5 Å². The van der Waals surface area contributed by atoms with Gasteiger partial charge in [-0.25, -0.2) is 9.78 Å². The van der Waals surface area contributed by atoms with E-state index in [0.29, 0.717) is 17.3 Å². The van der Waals surface area contributed by atoms with E-state index in [9.17, 15) is 14.9 Å². The number of nitrogens with zero attached hydrogens (tertiary/aromatic N) is 4. The number of carbonyl (C=O) groups is 1. The Morgan fingerprint density at radius 2 is 2.05 bits per heavy atom. The van der Waals surface area contributed by atoms with Gasteiger partial charge in [0.25, 0.3) is 0 Å². The molecule has 0 bridgehead atoms. The van der Waals surface area contributed by atoms with Crippen molar-refractivity contribution in [3.05, 3.63) is 46.8 Å². The maximum absolute atomic E-state index is 11.5. The molecule has 0 unspecified atom stereocenters. The van der Waals surface area contributed by atoms with Crippen LogP contribution >= 0.6 is 0 Å². The number of nitro groups is 1. The number of ether oxygens (including phenoxy) is 1. The highest BCUT2D eigenvalue weighted by atomic mass is 16.6. The van der Waals surface area contributed by atoms with Crippen LogP contribution in [0.5, 0.6) is 11.5 Å². The third kappa shape index (κ3) is 3.88. The van der Waals surface area contributed by atoms with E-state index in [1.54, 1.807) is 20.2 Å². The lowest BCUT2D eigenvalue weighted by Gasteiger charge is -2.12. The molecule has 0 spiro atoms. The van der Waals surface area contributed by atoms with Crippen molar-refractivity contribution in [1.82, 2.24) is 14.9 Å². The third-order valence-corrected chi connectivity index (χ3v) is 2.52. The van der Waals surface area contributed by atoms with E-state index < -0.39 is 4.92 Å². The third-order valence-electron chi connectivity index (χ3n) is 2.52. The quantitative estimate of drug-likeness (QED) is 0.685. The first-order valence-electron chi connectivity index (χ1n) is 6.18. The molecule has 0 fully saturated rings. The van der Waals surface area contributed by atoms with Gasteiger partial charge in [0.1, 0.15) is 11.6 Å². The number of hydrogen-bond acceptors (Lipinski definition) is 6. The average Bonchev–Trinajstić information content (AvgIpc) is 2.48. The predicted octanol–water partition coefficient (Wildman–Crippen LogP) is 2.27. The molecule has 9 heteroatoms. The molecule has 2 amide bonds. The minimum Gasteiger partial charge on any atom is -0.453 e. The molecule has 0 radical (unpaired) electrons. The van der Waals surface area contributed by atoms with Gasteiger partial charge in [0, 0.05) is 32.4 Å². The van der Waals surface area contributed by atoms with E-state index in [-0.39, 0.29) is 11.8 Å². The second-order valence-electron chi connectivity index (χ2n) is 4.41. The number of carbonyl (C=O) groups excluding carboxylic acids is 1. The summed E-state index contributed by atoms with van der Waals surface area (Å²) in [6, 6.07) is 5.48. The summed E-state index contributed by atoms with van der Waals surface area (Å²) in [5, 5.41) is 13.1. The van der Waals surface area contributed by atoms with Crippen molar-refractivity contribution in [1.29, 1.82) is 0 Å². The zero-order chi connectivity index (χ0) is 16.1. The van der Waals surface area contributed by atoms with Crippen molar-refractivity contribution in [2.24, 2.45) is 0 Å². The summed E-state index contributed by atoms with van der Waals surface area (Å²) in [7, 11) is 3.22. The maximum atomic E-state index is 11.5. The molecule has 0 saturated carbocycles. The molecule has 0 aliphatic heterocycles. The van der Waals surface area contributed by atoms with E-state index >= 15 is 0 Å². The molecular formula is C13H13N5O4. The molecule has 0 atom stereocenters. The Bertz CT molecular complexity index is 687. The topological polar surface area (TPSA) is 110 Å². The van der Waals surface area contributed by atoms with Gasteiger partial charge in [0.15, 0.2) is 11.9 Å². The summed E-state index contributed by atoms with van der Waals surface area (Å²) in [5.74, 6) is 0.813. The molecule has 0 aliphatic rings. The average molecular weight is 303 g/mol. The van der Waals surface area contributed by atoms with Gasteiger partial charge in [0.05, 0.1) is 0 Å². The van der Waals surface area contributed by atoms with Crippen LogP contribution in [0.1, 0.15) is 0 Å². The first-order valence-corrected chi connectivity index (χ1v) is 6.18. The van der Waals surface area contributed by atoms with Crippen molar-refractivity contribution in [3.8, 4) is 11.5 Å². The van der Waals surface area contributed by atoms with Crippen LogP contribution < -0.4 is 10.1 Å². The van der Waals surface area contributed by atoms with Crippen LogP contribution in [0.2, 0.25) is 0 Å². The van der Waals surface area contributed by atoms with Gasteiger partial charge >= 0.3 is 11.8 Å². The van der Waals surface area contributed by atoms with Crippen molar-refractivity contribution in [3.63, 3.8) is 0 Å². The highest BCUT2D eigenvalue weighted by Crippen LogP contribution is 2.23. The molecule has 0 saturated heterocycles. The van der Waals surface area contributed by atoms with Crippen LogP contribution in [-0.4, -0.2) is 39.9 Å². The van der Waals surface area contributed by atoms with E-state index in [0.717, 1.165) is 0 Å². The van der Waals surface area contributed by atoms with Gasteiger partial charge in [-0.15, -0.1) is 0 Å². The summed E-state index contributed by atoms with van der Waals surface area (Å²) in [6.07, 6.45) is 2.72. The number of anilines is 1. The second-order valence-corrected chi connectivity index (χ2v) is 4.41. The Hall–Kier alpha value is -3.23. The predicted molar refractivity (Wildman–Crippen MR) is 77.9 cm³/mol. The Morgan fingerprint density at radius 1 is 1.27 bits per heavy atom. The summed E-state index contributed by atoms with van der Waals surface area (Å²) >= 11 is 0. The van der Waals surface area contributed by atoms with E-state index in [1.165, 1.54) is 35.5 Å². The Morgan fingerprint density at radius 3 is 2.64 bits per heavy atom. The molecular weight excluding hydrogens is 290 g/mol. The zero-order valence-electron chi connectivity index (χ0n) is 11.9. The minimum absolute atomic E-state index is 0.263. The van der Waals surface area contributed by atoms with Crippen molar-refractivity contribution in [2.45, 2.75) is 0 Å². The Balaban J connectivity index is 2.09. The van der Waals surface area contributed by atoms with Gasteiger partial charge in [0.2, 0.25) is 0 Å². The van der Waals surface area contributed by atoms with E-state index in [2.05, 4.69) is 15.3 Å². The highest BCUT2D eigenvalue weighted by molar-refractivity contribution is 5.88. The number of amides is 2. The first-order chi connectivity index (χ1) is 10.5. The minimum atomic E-state index is -0.592. The smallest absolute Gasteiger partial charge is 0.363 e. The lowest BCUT2D eigenvalue weighted by atomic mass is 10.4. The second kappa shape index (κ2) is 6.48. The van der Waals surface area contributed by atoms with Gasteiger partial charge in [-0.1, -0.05) is 0 Å². The number of rotatable bonds is 4. The number of nitrogens with one attached hydrogen (secondary N) is 1. The fraction of sp³-hybridized carbons (Fsp3) is 0.154. The van der Waals surface area contributed by atoms with Crippen LogP contribution in [-0.2, 0) is 0 Å². The molecule has 1 N–H and O–H groups in total. The molecule has 22 heavy (non-hydrogen) atoms. The Kier molecular flexibility index (Phi) is 4.47. The normalized spacial score (nSPS) is 9.91. The zero-order valence-corrected chi connectivity index (χ0v) is 11.9. The first kappa shape index (κ1) is 15.2. The van der Waals surface area contributed by atoms with Crippen LogP contribution in [0.15, 0.2) is 36.7 Å². The molecule has 2 aromatic rings. The molecule has 0 aromatic carbocycles. The van der Waals surface area contributed by atoms with E-state index in [4.69, 9.17) is 4.74 Å². The van der Waals surface area contributed by atoms with Gasteiger partial charge in [-0.2, -0.15) is 0 Å². The lowest BCUT2D eigenvalue weighted by molar-refractivity contribution is -0.389. The number of aromatic nitrogens is 2. The van der Waals surface area contributed by atoms with Crippen LogP contribution in [0.4, 0.5) is 16.4 Å². The molecule has 2 aromatic heterocycles. The summed E-state index contributed by atoms with van der Waals surface area (Å²) in [5.41, 5.74) is 0. The largest absolute Gasteiger partial charge is 0.453 e. The van der Waals surface area contributed by atoms with Crippen LogP contribution in [0, 0.1) is 10.1 Å². The molecule has 9 nitrogen and oxygen atoms in total. The maximum Gasteiger partial charge on any atom is 0.363 e. The summed E-state index contributed by atoms with van der Waals surface area (Å²) in [6.45, 7) is 0.